The van der Waals surface area contributed by atoms with Gasteiger partial charge in [-0.15, -0.1) is 0 Å². The lowest BCUT2D eigenvalue weighted by Gasteiger charge is -2.17. The molecule has 1 rings (SSSR count). The van der Waals surface area contributed by atoms with Gasteiger partial charge in [0.05, 0.1) is 10.7 Å². The van der Waals surface area contributed by atoms with Crippen LogP contribution in [0.5, 0.6) is 0 Å². The zero-order valence-corrected chi connectivity index (χ0v) is 10.3. The maximum Gasteiger partial charge on any atom is 0.275 e. The fraction of sp³-hybridized carbons (Fsp3) is 0.600. The number of nitrogens with zero attached hydrogens (tertiary/aromatic N) is 3. The van der Waals surface area contributed by atoms with E-state index in [1.54, 1.807) is 16.6 Å². The summed E-state index contributed by atoms with van der Waals surface area (Å²) in [5.41, 5.74) is 1.16. The van der Waals surface area contributed by atoms with Crippen LogP contribution in [0.25, 0.3) is 0 Å². The minimum Gasteiger partial charge on any atom is -0.338 e. The van der Waals surface area contributed by atoms with Crippen LogP contribution >= 0.6 is 11.6 Å². The second kappa shape index (κ2) is 4.66. The normalized spacial score (nSPS) is 10.5. The van der Waals surface area contributed by atoms with Gasteiger partial charge in [0.1, 0.15) is 0 Å². The van der Waals surface area contributed by atoms with Crippen LogP contribution in [-0.4, -0.2) is 33.7 Å². The van der Waals surface area contributed by atoms with Gasteiger partial charge < -0.3 is 4.90 Å². The molecule has 1 heterocycles. The van der Waals surface area contributed by atoms with E-state index in [4.69, 9.17) is 11.6 Å². The molecule has 0 aromatic carbocycles. The third kappa shape index (κ3) is 2.15. The zero-order valence-electron chi connectivity index (χ0n) is 9.54. The van der Waals surface area contributed by atoms with Gasteiger partial charge in [-0.05, 0) is 20.8 Å². The molecule has 15 heavy (non-hydrogen) atoms. The van der Waals surface area contributed by atoms with Crippen LogP contribution in [0.15, 0.2) is 0 Å². The van der Waals surface area contributed by atoms with Gasteiger partial charge in [0.25, 0.3) is 5.91 Å². The summed E-state index contributed by atoms with van der Waals surface area (Å²) in [6, 6.07) is 0. The number of rotatable bonds is 3. The first-order valence-electron chi connectivity index (χ1n) is 5.01. The summed E-state index contributed by atoms with van der Waals surface area (Å²) in [5, 5.41) is 4.57. The van der Waals surface area contributed by atoms with Crippen molar-refractivity contribution in [3.05, 3.63) is 16.4 Å². The van der Waals surface area contributed by atoms with Crippen molar-refractivity contribution in [2.24, 2.45) is 7.05 Å². The van der Waals surface area contributed by atoms with E-state index in [0.717, 1.165) is 5.69 Å². The number of halogens is 1. The van der Waals surface area contributed by atoms with E-state index < -0.39 is 0 Å². The average molecular weight is 230 g/mol. The summed E-state index contributed by atoms with van der Waals surface area (Å²) in [6.07, 6.45) is 0. The minimum absolute atomic E-state index is 0.103. The Balaban J connectivity index is 3.06. The number of amides is 1. The molecule has 1 aromatic rings. The Hall–Kier alpha value is -1.03. The second-order valence-electron chi connectivity index (χ2n) is 3.35. The molecule has 84 valence electrons. The molecule has 1 aromatic heterocycles. The maximum atomic E-state index is 12.0. The third-order valence-electron chi connectivity index (χ3n) is 2.51. The summed E-state index contributed by atoms with van der Waals surface area (Å²) in [6.45, 7) is 7.05. The van der Waals surface area contributed by atoms with E-state index in [2.05, 4.69) is 5.10 Å². The summed E-state index contributed by atoms with van der Waals surface area (Å²) < 4.78 is 1.62. The molecular weight excluding hydrogens is 214 g/mol. The average Bonchev–Trinajstić information content (AvgIpc) is 2.47. The molecule has 0 saturated carbocycles. The number of aryl methyl sites for hydroxylation is 1. The van der Waals surface area contributed by atoms with Crippen LogP contribution in [0.1, 0.15) is 30.0 Å². The zero-order chi connectivity index (χ0) is 11.6. The van der Waals surface area contributed by atoms with Crippen LogP contribution in [0.2, 0.25) is 5.02 Å². The maximum absolute atomic E-state index is 12.0. The SMILES string of the molecule is CCN(CC)C(=O)c1nn(C)c(C)c1Cl. The molecule has 0 N–H and O–H groups in total. The van der Waals surface area contributed by atoms with E-state index in [9.17, 15) is 4.79 Å². The van der Waals surface area contributed by atoms with Crippen molar-refractivity contribution in [3.8, 4) is 0 Å². The number of hydrogen-bond donors (Lipinski definition) is 0. The molecular formula is C10H16ClN3O. The highest BCUT2D eigenvalue weighted by molar-refractivity contribution is 6.34. The predicted octanol–water partition coefficient (Wildman–Crippen LogP) is 1.86. The molecule has 0 saturated heterocycles. The largest absolute Gasteiger partial charge is 0.338 e. The molecule has 0 aliphatic rings. The van der Waals surface area contributed by atoms with E-state index in [-0.39, 0.29) is 5.91 Å². The molecule has 4 nitrogen and oxygen atoms in total. The smallest absolute Gasteiger partial charge is 0.275 e. The van der Waals surface area contributed by atoms with Gasteiger partial charge in [0.15, 0.2) is 5.69 Å². The summed E-state index contributed by atoms with van der Waals surface area (Å²) >= 11 is 6.04. The van der Waals surface area contributed by atoms with Gasteiger partial charge in [0, 0.05) is 20.1 Å². The van der Waals surface area contributed by atoms with Crippen LogP contribution < -0.4 is 0 Å². The molecule has 0 bridgehead atoms. The van der Waals surface area contributed by atoms with E-state index in [1.807, 2.05) is 20.8 Å². The van der Waals surface area contributed by atoms with Crippen molar-refractivity contribution in [2.45, 2.75) is 20.8 Å². The van der Waals surface area contributed by atoms with Crippen molar-refractivity contribution >= 4 is 17.5 Å². The third-order valence-corrected chi connectivity index (χ3v) is 2.97. The van der Waals surface area contributed by atoms with Gasteiger partial charge in [0.2, 0.25) is 0 Å². The molecule has 0 atom stereocenters. The van der Waals surface area contributed by atoms with Gasteiger partial charge in [-0.2, -0.15) is 5.10 Å². The van der Waals surface area contributed by atoms with Crippen molar-refractivity contribution in [3.63, 3.8) is 0 Å². The highest BCUT2D eigenvalue weighted by Crippen LogP contribution is 2.20. The predicted molar refractivity (Wildman–Crippen MR) is 60.2 cm³/mol. The molecule has 1 amide bonds. The fourth-order valence-corrected chi connectivity index (χ4v) is 1.62. The number of carbonyl (C=O) groups is 1. The highest BCUT2D eigenvalue weighted by Gasteiger charge is 2.21. The molecule has 0 radical (unpaired) electrons. The van der Waals surface area contributed by atoms with E-state index in [0.29, 0.717) is 23.8 Å². The van der Waals surface area contributed by atoms with Gasteiger partial charge >= 0.3 is 0 Å². The number of aromatic nitrogens is 2. The summed E-state index contributed by atoms with van der Waals surface area (Å²) in [5.74, 6) is -0.103. The Labute approximate surface area is 94.8 Å². The Bertz CT molecular complexity index is 369. The Morgan fingerprint density at radius 2 is 2.00 bits per heavy atom. The van der Waals surface area contributed by atoms with Gasteiger partial charge in [-0.25, -0.2) is 0 Å². The van der Waals surface area contributed by atoms with Crippen LogP contribution in [-0.2, 0) is 7.05 Å². The lowest BCUT2D eigenvalue weighted by Crippen LogP contribution is -2.31. The standard InChI is InChI=1S/C10H16ClN3O/c1-5-14(6-2)10(15)9-8(11)7(3)13(4)12-9/h5-6H2,1-4H3. The van der Waals surface area contributed by atoms with Crippen molar-refractivity contribution < 1.29 is 4.79 Å². The van der Waals surface area contributed by atoms with E-state index in [1.165, 1.54) is 0 Å². The van der Waals surface area contributed by atoms with Gasteiger partial charge in [-0.3, -0.25) is 9.48 Å². The van der Waals surface area contributed by atoms with Crippen molar-refractivity contribution in [1.82, 2.24) is 14.7 Å². The first-order chi connectivity index (χ1) is 7.02. The number of hydrogen-bond acceptors (Lipinski definition) is 2. The monoisotopic (exact) mass is 229 g/mol. The number of carbonyl (C=O) groups excluding carboxylic acids is 1. The lowest BCUT2D eigenvalue weighted by atomic mass is 10.3. The first kappa shape index (κ1) is 12.0. The van der Waals surface area contributed by atoms with Crippen LogP contribution in [0, 0.1) is 6.92 Å². The second-order valence-corrected chi connectivity index (χ2v) is 3.73. The molecule has 5 heteroatoms. The Morgan fingerprint density at radius 1 is 1.47 bits per heavy atom. The van der Waals surface area contributed by atoms with Crippen molar-refractivity contribution in [1.29, 1.82) is 0 Å². The topological polar surface area (TPSA) is 38.1 Å². The Kier molecular flexibility index (Phi) is 3.74. The lowest BCUT2D eigenvalue weighted by molar-refractivity contribution is 0.0766. The fourth-order valence-electron chi connectivity index (χ4n) is 1.38. The molecule has 0 unspecified atom stereocenters. The minimum atomic E-state index is -0.103. The highest BCUT2D eigenvalue weighted by atomic mass is 35.5. The van der Waals surface area contributed by atoms with Crippen LogP contribution in [0.4, 0.5) is 0 Å². The van der Waals surface area contributed by atoms with Crippen molar-refractivity contribution in [2.75, 3.05) is 13.1 Å². The Morgan fingerprint density at radius 3 is 2.33 bits per heavy atom. The molecule has 0 fully saturated rings. The molecule has 0 spiro atoms. The summed E-state index contributed by atoms with van der Waals surface area (Å²) in [7, 11) is 1.78. The first-order valence-corrected chi connectivity index (χ1v) is 5.39. The quantitative estimate of drug-likeness (QED) is 0.794. The summed E-state index contributed by atoms with van der Waals surface area (Å²) in [4.78, 5) is 13.7. The molecule has 0 aliphatic carbocycles. The van der Waals surface area contributed by atoms with Crippen LogP contribution in [0.3, 0.4) is 0 Å². The van der Waals surface area contributed by atoms with E-state index >= 15 is 0 Å². The van der Waals surface area contributed by atoms with Gasteiger partial charge in [-0.1, -0.05) is 11.6 Å². The molecule has 0 aliphatic heterocycles.